The molecule has 0 atom stereocenters. The molecule has 4 N–H and O–H groups in total. The molecule has 0 amide bonds. The number of hydrogen-bond donors (Lipinski definition) is 4. The van der Waals surface area contributed by atoms with Gasteiger partial charge >= 0.3 is 23.9 Å². The van der Waals surface area contributed by atoms with Crippen molar-refractivity contribution in [3.8, 4) is 0 Å². The third kappa shape index (κ3) is 11.1. The molecule has 1 aliphatic carbocycles. The maximum absolute atomic E-state index is 14.8. The Labute approximate surface area is 397 Å². The highest BCUT2D eigenvalue weighted by Gasteiger charge is 2.43. The van der Waals surface area contributed by atoms with Crippen LogP contribution in [-0.4, -0.2) is 72.5 Å². The van der Waals surface area contributed by atoms with Crippen LogP contribution in [0.2, 0.25) is 0 Å². The lowest BCUT2D eigenvalue weighted by atomic mass is 9.80. The minimum absolute atomic E-state index is 0.0437. The fourth-order valence-electron chi connectivity index (χ4n) is 9.06. The molecule has 362 valence electrons. The van der Waals surface area contributed by atoms with Gasteiger partial charge in [0.1, 0.15) is 32.2 Å². The quantitative estimate of drug-likeness (QED) is 0.0280. The Kier molecular flexibility index (Phi) is 16.4. The number of aliphatic hydroxyl groups is 1. The minimum Gasteiger partial charge on any atom is -0.506 e. The van der Waals surface area contributed by atoms with E-state index < -0.39 is 29.0 Å². The van der Waals surface area contributed by atoms with E-state index in [9.17, 15) is 29.1 Å². The van der Waals surface area contributed by atoms with Gasteiger partial charge in [0.05, 0.1) is 22.2 Å². The van der Waals surface area contributed by atoms with E-state index in [1.165, 1.54) is 0 Å². The minimum atomic E-state index is -1.45. The number of carbonyl (C=O) groups is 5. The van der Waals surface area contributed by atoms with Crippen molar-refractivity contribution in [1.82, 2.24) is 0 Å². The van der Waals surface area contributed by atoms with Crippen LogP contribution in [0.4, 0.5) is 17.1 Å². The molecule has 0 saturated heterocycles. The fraction of sp³-hybridized carbons (Fsp3) is 0.481. The standard InChI is InChI=1S/C54H66N4O10/c1-5-9-13-23-41(59)65-31-53(32-66-42(60)24-14-10-6-2)55-39-21-17-19-35-27-29-37(49(57-53)45(35)39)47-51(63)48(52(47)64)38-30-28-36-20-18-22-40-46(36)50(38)58-54(56-40,33-67-43(61)25-15-11-7-3)34-68-44(62)26-16-12-8-4/h17-22,27-30,55-57,63H,5-16,23-26,31-34H2,1-4H3/b48-38+. The number of esters is 4. The van der Waals surface area contributed by atoms with Crippen LogP contribution in [0.5, 0.6) is 0 Å². The zero-order valence-corrected chi connectivity index (χ0v) is 40.0. The second kappa shape index (κ2) is 22.6. The zero-order valence-electron chi connectivity index (χ0n) is 40.0. The van der Waals surface area contributed by atoms with Gasteiger partial charge in [0.25, 0.3) is 0 Å². The summed E-state index contributed by atoms with van der Waals surface area (Å²) in [5.74, 6) is -2.27. The predicted octanol–water partition coefficient (Wildman–Crippen LogP) is 9.46. The van der Waals surface area contributed by atoms with Gasteiger partial charge < -0.3 is 40.0 Å². The van der Waals surface area contributed by atoms with Gasteiger partial charge in [-0.3, -0.25) is 24.0 Å². The summed E-state index contributed by atoms with van der Waals surface area (Å²) in [7, 11) is 0. The topological polar surface area (TPSA) is 191 Å². The summed E-state index contributed by atoms with van der Waals surface area (Å²) in [6.45, 7) is 7.30. The number of hydrogen-bond acceptors (Lipinski definition) is 14. The first-order chi connectivity index (χ1) is 33.0. The van der Waals surface area contributed by atoms with Crippen molar-refractivity contribution in [3.05, 3.63) is 82.6 Å². The highest BCUT2D eigenvalue weighted by Crippen LogP contribution is 2.47. The molecule has 4 aromatic carbocycles. The number of ketones is 1. The van der Waals surface area contributed by atoms with Crippen molar-refractivity contribution in [3.63, 3.8) is 0 Å². The van der Waals surface area contributed by atoms with Crippen LogP contribution < -0.4 is 26.5 Å². The SMILES string of the molecule is CCCCCC(=O)OCC1(COC(=O)CCCCC)N=c2/c(=C3/C(=O)C(c4ccc5cccc6c5c4NC(COC(=O)CCCCC)(COC(=O)CCCCC)N6)=C3O)ccc3cccc(c23)N1. The number of rotatable bonds is 25. The molecule has 0 bridgehead atoms. The van der Waals surface area contributed by atoms with E-state index >= 15 is 0 Å². The Morgan fingerprint density at radius 1 is 0.544 bits per heavy atom. The van der Waals surface area contributed by atoms with Gasteiger partial charge in [0.15, 0.2) is 11.3 Å². The van der Waals surface area contributed by atoms with Crippen LogP contribution in [0.3, 0.4) is 0 Å². The zero-order chi connectivity index (χ0) is 48.3. The third-order valence-corrected chi connectivity index (χ3v) is 12.8. The van der Waals surface area contributed by atoms with Crippen LogP contribution in [0.1, 0.15) is 136 Å². The van der Waals surface area contributed by atoms with E-state index in [1.54, 1.807) is 12.1 Å². The molecule has 7 rings (SSSR count). The lowest BCUT2D eigenvalue weighted by Crippen LogP contribution is -2.56. The first kappa shape index (κ1) is 49.5. The number of allylic oxidation sites excluding steroid dienone is 2. The maximum Gasteiger partial charge on any atom is 0.305 e. The van der Waals surface area contributed by atoms with Crippen LogP contribution >= 0.6 is 0 Å². The fourth-order valence-corrected chi connectivity index (χ4v) is 9.06. The summed E-state index contributed by atoms with van der Waals surface area (Å²) in [6.07, 6.45) is 10.9. The monoisotopic (exact) mass is 930 g/mol. The lowest BCUT2D eigenvalue weighted by molar-refractivity contribution is -0.151. The summed E-state index contributed by atoms with van der Waals surface area (Å²) in [4.78, 5) is 72.1. The number of benzene rings is 4. The largest absolute Gasteiger partial charge is 0.506 e. The van der Waals surface area contributed by atoms with Crippen molar-refractivity contribution in [2.24, 2.45) is 4.99 Å². The van der Waals surface area contributed by atoms with E-state index in [1.807, 2.05) is 48.5 Å². The van der Waals surface area contributed by atoms with Crippen LogP contribution in [-0.2, 0) is 42.9 Å². The van der Waals surface area contributed by atoms with E-state index in [2.05, 4.69) is 43.6 Å². The smallest absolute Gasteiger partial charge is 0.305 e. The second-order valence-electron chi connectivity index (χ2n) is 18.3. The van der Waals surface area contributed by atoms with Gasteiger partial charge in [-0.25, -0.2) is 4.99 Å². The van der Waals surface area contributed by atoms with Crippen molar-refractivity contribution >= 4 is 79.4 Å². The molecule has 14 heteroatoms. The van der Waals surface area contributed by atoms with E-state index in [0.29, 0.717) is 64.3 Å². The van der Waals surface area contributed by atoms with Crippen molar-refractivity contribution in [1.29, 1.82) is 0 Å². The van der Waals surface area contributed by atoms with Crippen LogP contribution in [0.15, 0.2) is 71.4 Å². The average Bonchev–Trinajstić information content (AvgIpc) is 3.33. The number of Topliss-reactive ketones (excluding diaryl/α,β-unsaturated/α-hetero) is 1. The second-order valence-corrected chi connectivity index (χ2v) is 18.3. The molecule has 0 spiro atoms. The van der Waals surface area contributed by atoms with Crippen molar-refractivity contribution in [2.45, 2.75) is 142 Å². The normalized spacial score (nSPS) is 15.9. The van der Waals surface area contributed by atoms with Gasteiger partial charge in [-0.15, -0.1) is 0 Å². The van der Waals surface area contributed by atoms with E-state index in [0.717, 1.165) is 67.5 Å². The molecule has 68 heavy (non-hydrogen) atoms. The molecule has 2 aliphatic heterocycles. The molecule has 3 aliphatic rings. The number of ether oxygens (including phenoxy) is 4. The van der Waals surface area contributed by atoms with E-state index in [-0.39, 0.29) is 81.0 Å². The highest BCUT2D eigenvalue weighted by atomic mass is 16.6. The maximum atomic E-state index is 14.8. The summed E-state index contributed by atoms with van der Waals surface area (Å²) in [5, 5.41) is 26.4. The Hall–Kier alpha value is -6.44. The van der Waals surface area contributed by atoms with Gasteiger partial charge in [0.2, 0.25) is 5.78 Å². The van der Waals surface area contributed by atoms with Crippen LogP contribution in [0, 0.1) is 0 Å². The average molecular weight is 931 g/mol. The number of carbonyl (C=O) groups excluding carboxylic acids is 5. The number of unbranched alkanes of at least 4 members (excludes halogenated alkanes) is 8. The van der Waals surface area contributed by atoms with Gasteiger partial charge in [-0.2, -0.15) is 0 Å². The number of nitrogens with zero attached hydrogens (tertiary/aromatic N) is 1. The predicted molar refractivity (Wildman–Crippen MR) is 263 cm³/mol. The molecule has 14 nitrogen and oxygen atoms in total. The summed E-state index contributed by atoms with van der Waals surface area (Å²) < 4.78 is 23.4. The summed E-state index contributed by atoms with van der Waals surface area (Å²) in [6, 6.07) is 18.6. The van der Waals surface area contributed by atoms with Gasteiger partial charge in [-0.05, 0) is 48.6 Å². The first-order valence-corrected chi connectivity index (χ1v) is 24.6. The number of anilines is 3. The Morgan fingerprint density at radius 2 is 1.01 bits per heavy atom. The molecule has 0 saturated carbocycles. The highest BCUT2D eigenvalue weighted by molar-refractivity contribution is 6.52. The Balaban J connectivity index is 1.31. The molecule has 0 radical (unpaired) electrons. The third-order valence-electron chi connectivity index (χ3n) is 12.8. The van der Waals surface area contributed by atoms with Crippen molar-refractivity contribution in [2.75, 3.05) is 42.4 Å². The summed E-state index contributed by atoms with van der Waals surface area (Å²) >= 11 is 0. The Morgan fingerprint density at radius 3 is 1.51 bits per heavy atom. The molecule has 0 unspecified atom stereocenters. The van der Waals surface area contributed by atoms with Gasteiger partial charge in [0, 0.05) is 58.6 Å². The number of nitrogens with one attached hydrogen (secondary N) is 3. The lowest BCUT2D eigenvalue weighted by Gasteiger charge is -2.41. The van der Waals surface area contributed by atoms with E-state index in [4.69, 9.17) is 23.9 Å². The molecular formula is C54H66N4O10. The van der Waals surface area contributed by atoms with Crippen LogP contribution in [0.25, 0.3) is 32.7 Å². The number of aliphatic hydroxyl groups excluding tert-OH is 1. The van der Waals surface area contributed by atoms with Gasteiger partial charge in [-0.1, -0.05) is 128 Å². The summed E-state index contributed by atoms with van der Waals surface area (Å²) in [5.41, 5.74) is -0.499. The molecule has 0 aromatic heterocycles. The molecule has 0 fully saturated rings. The molecular weight excluding hydrogens is 865 g/mol. The molecule has 4 aromatic rings. The van der Waals surface area contributed by atoms with Crippen molar-refractivity contribution < 1.29 is 48.0 Å². The first-order valence-electron chi connectivity index (χ1n) is 24.6. The Bertz CT molecular complexity index is 2660. The molecule has 2 heterocycles.